The first-order chi connectivity index (χ1) is 7.33. The molecule has 1 heterocycles. The first-order valence-corrected chi connectivity index (χ1v) is 6.36. The molecule has 1 N–H and O–H groups in total. The highest BCUT2D eigenvalue weighted by molar-refractivity contribution is 4.67. The summed E-state index contributed by atoms with van der Waals surface area (Å²) in [6, 6.07) is 0.481. The molecule has 0 bridgehead atoms. The third-order valence-corrected chi connectivity index (χ3v) is 2.94. The number of nitrogens with one attached hydrogen (secondary N) is 1. The standard InChI is InChI=1S/C12H26N2O/c1-3-15-11-12(2)13-7-10-14-8-5-4-6-9-14/h12-13H,3-11H2,1-2H3. The normalized spacial score (nSPS) is 20.4. The van der Waals surface area contributed by atoms with E-state index in [2.05, 4.69) is 17.1 Å². The Labute approximate surface area is 94.2 Å². The predicted molar refractivity (Wildman–Crippen MR) is 64.2 cm³/mol. The highest BCUT2D eigenvalue weighted by Gasteiger charge is 2.09. The number of nitrogens with zero attached hydrogens (tertiary/aromatic N) is 1. The summed E-state index contributed by atoms with van der Waals surface area (Å²) in [5.74, 6) is 0. The summed E-state index contributed by atoms with van der Waals surface area (Å²) in [4.78, 5) is 2.56. The molecule has 1 aliphatic heterocycles. The van der Waals surface area contributed by atoms with Crippen molar-refractivity contribution in [3.05, 3.63) is 0 Å². The maximum atomic E-state index is 5.36. The van der Waals surface area contributed by atoms with Crippen LogP contribution < -0.4 is 5.32 Å². The van der Waals surface area contributed by atoms with Crippen LogP contribution in [0.5, 0.6) is 0 Å². The van der Waals surface area contributed by atoms with Crippen LogP contribution >= 0.6 is 0 Å². The van der Waals surface area contributed by atoms with Crippen molar-refractivity contribution in [2.45, 2.75) is 39.2 Å². The summed E-state index contributed by atoms with van der Waals surface area (Å²) in [6.07, 6.45) is 4.19. The van der Waals surface area contributed by atoms with Crippen molar-refractivity contribution in [3.8, 4) is 0 Å². The maximum absolute atomic E-state index is 5.36. The average Bonchev–Trinajstić information content (AvgIpc) is 2.28. The van der Waals surface area contributed by atoms with E-state index >= 15 is 0 Å². The molecule has 3 heteroatoms. The first kappa shape index (κ1) is 12.9. The van der Waals surface area contributed by atoms with Gasteiger partial charge in [-0.05, 0) is 39.8 Å². The van der Waals surface area contributed by atoms with Crippen molar-refractivity contribution in [3.63, 3.8) is 0 Å². The quantitative estimate of drug-likeness (QED) is 0.695. The lowest BCUT2D eigenvalue weighted by Crippen LogP contribution is -2.39. The van der Waals surface area contributed by atoms with Crippen LogP contribution in [0, 0.1) is 0 Å². The summed E-state index contributed by atoms with van der Waals surface area (Å²) in [6.45, 7) is 10.7. The van der Waals surface area contributed by atoms with E-state index in [1.807, 2.05) is 6.92 Å². The second-order valence-corrected chi connectivity index (χ2v) is 4.42. The van der Waals surface area contributed by atoms with E-state index in [9.17, 15) is 0 Å². The predicted octanol–water partition coefficient (Wildman–Crippen LogP) is 1.49. The Morgan fingerprint density at radius 2 is 2.00 bits per heavy atom. The molecule has 1 saturated heterocycles. The lowest BCUT2D eigenvalue weighted by Gasteiger charge is -2.27. The molecule has 0 aromatic heterocycles. The second kappa shape index (κ2) is 8.08. The minimum absolute atomic E-state index is 0.481. The summed E-state index contributed by atoms with van der Waals surface area (Å²) in [5.41, 5.74) is 0. The Kier molecular flexibility index (Phi) is 6.98. The number of piperidine rings is 1. The van der Waals surface area contributed by atoms with Crippen LogP contribution in [0.25, 0.3) is 0 Å². The molecule has 0 aromatic rings. The molecule has 0 amide bonds. The third-order valence-electron chi connectivity index (χ3n) is 2.94. The molecule has 1 fully saturated rings. The fourth-order valence-corrected chi connectivity index (χ4v) is 2.01. The molecule has 1 atom stereocenters. The maximum Gasteiger partial charge on any atom is 0.0616 e. The number of ether oxygens (including phenoxy) is 1. The van der Waals surface area contributed by atoms with E-state index in [1.54, 1.807) is 0 Å². The van der Waals surface area contributed by atoms with E-state index in [1.165, 1.54) is 38.9 Å². The van der Waals surface area contributed by atoms with Gasteiger partial charge in [-0.2, -0.15) is 0 Å². The van der Waals surface area contributed by atoms with Gasteiger partial charge in [-0.3, -0.25) is 0 Å². The monoisotopic (exact) mass is 214 g/mol. The topological polar surface area (TPSA) is 24.5 Å². The van der Waals surface area contributed by atoms with Crippen molar-refractivity contribution >= 4 is 0 Å². The van der Waals surface area contributed by atoms with Gasteiger partial charge >= 0.3 is 0 Å². The molecule has 1 unspecified atom stereocenters. The molecule has 0 spiro atoms. The molecule has 0 aliphatic carbocycles. The molecule has 0 saturated carbocycles. The molecule has 0 radical (unpaired) electrons. The van der Waals surface area contributed by atoms with Crippen LogP contribution in [0.15, 0.2) is 0 Å². The van der Waals surface area contributed by atoms with E-state index in [-0.39, 0.29) is 0 Å². The second-order valence-electron chi connectivity index (χ2n) is 4.42. The Hall–Kier alpha value is -0.120. The van der Waals surface area contributed by atoms with Crippen molar-refractivity contribution in [1.82, 2.24) is 10.2 Å². The van der Waals surface area contributed by atoms with Gasteiger partial charge in [-0.15, -0.1) is 0 Å². The summed E-state index contributed by atoms with van der Waals surface area (Å²) >= 11 is 0. The number of hydrogen-bond acceptors (Lipinski definition) is 3. The van der Waals surface area contributed by atoms with Crippen LogP contribution in [-0.2, 0) is 4.74 Å². The highest BCUT2D eigenvalue weighted by atomic mass is 16.5. The van der Waals surface area contributed by atoms with Gasteiger partial charge in [0.25, 0.3) is 0 Å². The first-order valence-electron chi connectivity index (χ1n) is 6.36. The minimum Gasteiger partial charge on any atom is -0.380 e. The fraction of sp³-hybridized carbons (Fsp3) is 1.00. The van der Waals surface area contributed by atoms with Crippen LogP contribution in [0.4, 0.5) is 0 Å². The number of hydrogen-bond donors (Lipinski definition) is 1. The van der Waals surface area contributed by atoms with E-state index < -0.39 is 0 Å². The van der Waals surface area contributed by atoms with Crippen molar-refractivity contribution in [2.24, 2.45) is 0 Å². The Morgan fingerprint density at radius 3 is 2.67 bits per heavy atom. The van der Waals surface area contributed by atoms with Gasteiger partial charge in [0.05, 0.1) is 6.61 Å². The molecular formula is C12H26N2O. The van der Waals surface area contributed by atoms with Crippen molar-refractivity contribution < 1.29 is 4.74 Å². The summed E-state index contributed by atoms with van der Waals surface area (Å²) in [5, 5.41) is 3.50. The largest absolute Gasteiger partial charge is 0.380 e. The average molecular weight is 214 g/mol. The zero-order chi connectivity index (χ0) is 10.9. The highest BCUT2D eigenvalue weighted by Crippen LogP contribution is 2.07. The lowest BCUT2D eigenvalue weighted by molar-refractivity contribution is 0.125. The summed E-state index contributed by atoms with van der Waals surface area (Å²) in [7, 11) is 0. The Bertz CT molecular complexity index is 147. The van der Waals surface area contributed by atoms with Gasteiger partial charge in [0, 0.05) is 25.7 Å². The van der Waals surface area contributed by atoms with Crippen LogP contribution in [-0.4, -0.2) is 50.3 Å². The SMILES string of the molecule is CCOCC(C)NCCN1CCCCC1. The molecule has 90 valence electrons. The molecule has 15 heavy (non-hydrogen) atoms. The van der Waals surface area contributed by atoms with Gasteiger partial charge < -0.3 is 15.0 Å². The lowest BCUT2D eigenvalue weighted by atomic mass is 10.1. The molecule has 0 aromatic carbocycles. The van der Waals surface area contributed by atoms with Crippen LogP contribution in [0.1, 0.15) is 33.1 Å². The van der Waals surface area contributed by atoms with Gasteiger partial charge in [0.15, 0.2) is 0 Å². The summed E-state index contributed by atoms with van der Waals surface area (Å²) < 4.78 is 5.36. The zero-order valence-electron chi connectivity index (χ0n) is 10.3. The van der Waals surface area contributed by atoms with Crippen LogP contribution in [0.2, 0.25) is 0 Å². The van der Waals surface area contributed by atoms with Crippen molar-refractivity contribution in [1.29, 1.82) is 0 Å². The fourth-order valence-electron chi connectivity index (χ4n) is 2.01. The van der Waals surface area contributed by atoms with E-state index in [4.69, 9.17) is 4.74 Å². The number of rotatable bonds is 7. The molecule has 3 nitrogen and oxygen atoms in total. The Morgan fingerprint density at radius 1 is 1.27 bits per heavy atom. The van der Waals surface area contributed by atoms with Crippen molar-refractivity contribution in [2.75, 3.05) is 39.4 Å². The zero-order valence-corrected chi connectivity index (χ0v) is 10.3. The molecule has 1 rings (SSSR count). The van der Waals surface area contributed by atoms with Gasteiger partial charge in [0.1, 0.15) is 0 Å². The van der Waals surface area contributed by atoms with Gasteiger partial charge in [-0.25, -0.2) is 0 Å². The smallest absolute Gasteiger partial charge is 0.0616 e. The third kappa shape index (κ3) is 6.13. The van der Waals surface area contributed by atoms with E-state index in [0.717, 1.165) is 19.8 Å². The Balaban J connectivity index is 1.94. The van der Waals surface area contributed by atoms with Gasteiger partial charge in [-0.1, -0.05) is 6.42 Å². The van der Waals surface area contributed by atoms with Gasteiger partial charge in [0.2, 0.25) is 0 Å². The van der Waals surface area contributed by atoms with E-state index in [0.29, 0.717) is 6.04 Å². The minimum atomic E-state index is 0.481. The molecular weight excluding hydrogens is 188 g/mol. The number of likely N-dealkylation sites (tertiary alicyclic amines) is 1. The molecule has 1 aliphatic rings. The van der Waals surface area contributed by atoms with Crippen LogP contribution in [0.3, 0.4) is 0 Å².